The maximum atomic E-state index is 12.1. The summed E-state index contributed by atoms with van der Waals surface area (Å²) in [5, 5.41) is 13.5. The Morgan fingerprint density at radius 1 is 1.10 bits per heavy atom. The zero-order chi connectivity index (χ0) is 20.8. The third kappa shape index (κ3) is 5.45. The van der Waals surface area contributed by atoms with Gasteiger partial charge in [0, 0.05) is 36.6 Å². The third-order valence-corrected chi connectivity index (χ3v) is 4.92. The molecular weight excluding hydrogens is 398 g/mol. The van der Waals surface area contributed by atoms with Crippen LogP contribution in [0.5, 0.6) is 0 Å². The lowest BCUT2D eigenvalue weighted by Gasteiger charge is -2.28. The summed E-state index contributed by atoms with van der Waals surface area (Å²) in [5.74, 6) is -1.43. The summed E-state index contributed by atoms with van der Waals surface area (Å²) in [6.07, 6.45) is 3.61. The van der Waals surface area contributed by atoms with Crippen molar-refractivity contribution in [3.8, 4) is 0 Å². The molecule has 1 saturated heterocycles. The smallest absolute Gasteiger partial charge is 0.340 e. The normalized spacial score (nSPS) is 13.6. The summed E-state index contributed by atoms with van der Waals surface area (Å²) >= 11 is 5.89. The number of non-ortho nitro benzene ring substituents is 1. The zero-order valence-electron chi connectivity index (χ0n) is 15.6. The Kier molecular flexibility index (Phi) is 6.66. The molecule has 9 heteroatoms. The highest BCUT2D eigenvalue weighted by Gasteiger charge is 2.18. The average Bonchev–Trinajstić information content (AvgIpc) is 2.73. The largest absolute Gasteiger partial charge is 0.452 e. The second-order valence-corrected chi connectivity index (χ2v) is 7.05. The van der Waals surface area contributed by atoms with Crippen molar-refractivity contribution in [2.75, 3.05) is 29.9 Å². The average molecular weight is 418 g/mol. The molecule has 0 saturated carbocycles. The Hall–Kier alpha value is -3.13. The molecule has 2 aromatic rings. The Morgan fingerprint density at radius 3 is 2.45 bits per heavy atom. The van der Waals surface area contributed by atoms with Crippen LogP contribution in [0.1, 0.15) is 29.6 Å². The number of halogens is 1. The highest BCUT2D eigenvalue weighted by Crippen LogP contribution is 2.23. The van der Waals surface area contributed by atoms with E-state index in [0.717, 1.165) is 24.8 Å². The molecule has 1 aliphatic heterocycles. The van der Waals surface area contributed by atoms with Crippen LogP contribution >= 0.6 is 11.6 Å². The number of carbonyl (C=O) groups is 2. The predicted molar refractivity (Wildman–Crippen MR) is 110 cm³/mol. The summed E-state index contributed by atoms with van der Waals surface area (Å²) in [4.78, 5) is 36.6. The van der Waals surface area contributed by atoms with E-state index in [1.165, 1.54) is 31.4 Å². The number of esters is 1. The summed E-state index contributed by atoms with van der Waals surface area (Å²) < 4.78 is 4.93. The second-order valence-electron chi connectivity index (χ2n) is 6.64. The van der Waals surface area contributed by atoms with Crippen molar-refractivity contribution in [1.82, 2.24) is 0 Å². The highest BCUT2D eigenvalue weighted by atomic mass is 35.5. The molecule has 8 nitrogen and oxygen atoms in total. The van der Waals surface area contributed by atoms with Gasteiger partial charge in [0.2, 0.25) is 0 Å². The maximum Gasteiger partial charge on any atom is 0.340 e. The molecule has 1 amide bonds. The van der Waals surface area contributed by atoms with E-state index in [0.29, 0.717) is 5.69 Å². The van der Waals surface area contributed by atoms with Crippen molar-refractivity contribution in [1.29, 1.82) is 0 Å². The first-order chi connectivity index (χ1) is 13.9. The van der Waals surface area contributed by atoms with Gasteiger partial charge in [0.05, 0.1) is 15.5 Å². The number of hydrogen-bond acceptors (Lipinski definition) is 6. The van der Waals surface area contributed by atoms with Gasteiger partial charge >= 0.3 is 5.97 Å². The van der Waals surface area contributed by atoms with E-state index in [1.807, 2.05) is 12.1 Å². The molecule has 0 spiro atoms. The predicted octanol–water partition coefficient (Wildman–Crippen LogP) is 4.03. The van der Waals surface area contributed by atoms with Crippen LogP contribution in [0.3, 0.4) is 0 Å². The minimum absolute atomic E-state index is 0.00862. The first-order valence-corrected chi connectivity index (χ1v) is 9.58. The lowest BCUT2D eigenvalue weighted by atomic mass is 10.1. The van der Waals surface area contributed by atoms with Gasteiger partial charge < -0.3 is 15.0 Å². The van der Waals surface area contributed by atoms with Crippen LogP contribution in [-0.4, -0.2) is 36.5 Å². The van der Waals surface area contributed by atoms with Crippen molar-refractivity contribution in [2.24, 2.45) is 0 Å². The number of ether oxygens (including phenoxy) is 1. The molecule has 0 atom stereocenters. The van der Waals surface area contributed by atoms with Gasteiger partial charge in [-0.25, -0.2) is 4.79 Å². The number of hydrogen-bond donors (Lipinski definition) is 1. The molecule has 0 aromatic heterocycles. The molecule has 1 heterocycles. The molecular formula is C20H20ClN3O5. The fourth-order valence-electron chi connectivity index (χ4n) is 3.10. The van der Waals surface area contributed by atoms with Crippen LogP contribution in [0.15, 0.2) is 42.5 Å². The molecule has 0 radical (unpaired) electrons. The van der Waals surface area contributed by atoms with Gasteiger partial charge in [-0.2, -0.15) is 0 Å². The minimum Gasteiger partial charge on any atom is -0.452 e. The van der Waals surface area contributed by atoms with Crippen LogP contribution in [0.25, 0.3) is 0 Å². The summed E-state index contributed by atoms with van der Waals surface area (Å²) in [6, 6.07) is 10.9. The lowest BCUT2D eigenvalue weighted by Crippen LogP contribution is -2.29. The minimum atomic E-state index is -0.908. The topological polar surface area (TPSA) is 102 Å². The standard InChI is InChI=1S/C20H20ClN3O5/c21-18-9-8-16(24(27)28)12-17(18)20(26)29-13-19(25)22-14-4-6-15(7-5-14)23-10-2-1-3-11-23/h4-9,12H,1-3,10-11,13H2,(H,22,25). The van der Waals surface area contributed by atoms with Crippen molar-refractivity contribution in [2.45, 2.75) is 19.3 Å². The van der Waals surface area contributed by atoms with Crippen molar-refractivity contribution < 1.29 is 19.2 Å². The number of piperidine rings is 1. The van der Waals surface area contributed by atoms with E-state index < -0.39 is 23.4 Å². The van der Waals surface area contributed by atoms with Gasteiger partial charge in [0.25, 0.3) is 11.6 Å². The quantitative estimate of drug-likeness (QED) is 0.432. The third-order valence-electron chi connectivity index (χ3n) is 4.59. The van der Waals surface area contributed by atoms with Crippen LogP contribution in [0.4, 0.5) is 17.1 Å². The van der Waals surface area contributed by atoms with E-state index in [4.69, 9.17) is 16.3 Å². The fraction of sp³-hybridized carbons (Fsp3) is 0.300. The summed E-state index contributed by atoms with van der Waals surface area (Å²) in [7, 11) is 0. The number of nitrogens with zero attached hydrogens (tertiary/aromatic N) is 2. The molecule has 1 N–H and O–H groups in total. The van der Waals surface area contributed by atoms with E-state index in [2.05, 4.69) is 10.2 Å². The Labute approximate surface area is 172 Å². The van der Waals surface area contributed by atoms with Crippen molar-refractivity contribution >= 4 is 40.5 Å². The maximum absolute atomic E-state index is 12.1. The molecule has 0 aliphatic carbocycles. The monoisotopic (exact) mass is 417 g/mol. The van der Waals surface area contributed by atoms with Gasteiger partial charge in [-0.1, -0.05) is 11.6 Å². The van der Waals surface area contributed by atoms with Crippen molar-refractivity contribution in [3.63, 3.8) is 0 Å². The number of nitro groups is 1. The second kappa shape index (κ2) is 9.38. The number of nitro benzene ring substituents is 1. The molecule has 3 rings (SSSR count). The molecule has 1 aliphatic rings. The van der Waals surface area contributed by atoms with Gasteiger partial charge in [-0.3, -0.25) is 14.9 Å². The Bertz CT molecular complexity index is 911. The number of benzene rings is 2. The number of amides is 1. The Morgan fingerprint density at radius 2 is 1.79 bits per heavy atom. The first kappa shape index (κ1) is 20.6. The fourth-order valence-corrected chi connectivity index (χ4v) is 3.29. The number of rotatable bonds is 6. The van der Waals surface area contributed by atoms with E-state index in [1.54, 1.807) is 12.1 Å². The van der Waals surface area contributed by atoms with E-state index in [9.17, 15) is 19.7 Å². The number of anilines is 2. The highest BCUT2D eigenvalue weighted by molar-refractivity contribution is 6.33. The lowest BCUT2D eigenvalue weighted by molar-refractivity contribution is -0.384. The molecule has 2 aromatic carbocycles. The molecule has 1 fully saturated rings. The van der Waals surface area contributed by atoms with E-state index >= 15 is 0 Å². The van der Waals surface area contributed by atoms with Crippen LogP contribution < -0.4 is 10.2 Å². The molecule has 0 unspecified atom stereocenters. The number of carbonyl (C=O) groups excluding carboxylic acids is 2. The molecule has 152 valence electrons. The van der Waals surface area contributed by atoms with Gasteiger partial charge in [0.1, 0.15) is 0 Å². The van der Waals surface area contributed by atoms with Crippen LogP contribution in [0.2, 0.25) is 5.02 Å². The Balaban J connectivity index is 1.54. The van der Waals surface area contributed by atoms with Gasteiger partial charge in [-0.15, -0.1) is 0 Å². The summed E-state index contributed by atoms with van der Waals surface area (Å²) in [5.41, 5.74) is 1.23. The van der Waals surface area contributed by atoms with Crippen molar-refractivity contribution in [3.05, 3.63) is 63.2 Å². The SMILES string of the molecule is O=C(COC(=O)c1cc([N+](=O)[O-])ccc1Cl)Nc1ccc(N2CCCCC2)cc1. The summed E-state index contributed by atoms with van der Waals surface area (Å²) in [6.45, 7) is 1.52. The zero-order valence-corrected chi connectivity index (χ0v) is 16.4. The van der Waals surface area contributed by atoms with Gasteiger partial charge in [-0.05, 0) is 49.6 Å². The van der Waals surface area contributed by atoms with Crippen LogP contribution in [-0.2, 0) is 9.53 Å². The van der Waals surface area contributed by atoms with Crippen LogP contribution in [0, 0.1) is 10.1 Å². The van der Waals surface area contributed by atoms with E-state index in [-0.39, 0.29) is 16.3 Å². The molecule has 0 bridgehead atoms. The number of nitrogens with one attached hydrogen (secondary N) is 1. The molecule has 29 heavy (non-hydrogen) atoms. The van der Waals surface area contributed by atoms with Gasteiger partial charge in [0.15, 0.2) is 6.61 Å². The first-order valence-electron chi connectivity index (χ1n) is 9.20.